The molecule has 36 valence electrons. The molecule has 0 aromatic rings. The largest absolute Gasteiger partial charge is 0.551 e. The molecule has 0 unspecified atom stereocenters. The third-order valence-corrected chi connectivity index (χ3v) is 0.683. The molecule has 7 heavy (non-hydrogen) atoms. The average molecular weight is 95.9 g/mol. The van der Waals surface area contributed by atoms with E-state index in [0.717, 1.165) is 0 Å². The molecule has 0 fully saturated rings. The van der Waals surface area contributed by atoms with Gasteiger partial charge in [-0.2, -0.15) is 0 Å². The van der Waals surface area contributed by atoms with Crippen LogP contribution in [0.5, 0.6) is 0 Å². The van der Waals surface area contributed by atoms with Crippen LogP contribution in [0.1, 0.15) is 0 Å². The molecule has 0 amide bonds. The summed E-state index contributed by atoms with van der Waals surface area (Å²) in [5.41, 5.74) is 0. The summed E-state index contributed by atoms with van der Waals surface area (Å²) in [6.07, 6.45) is 4.89. The number of allylic oxidation sites excluding steroid dienone is 2. The van der Waals surface area contributed by atoms with Crippen molar-refractivity contribution in [3.63, 3.8) is 0 Å². The van der Waals surface area contributed by atoms with E-state index in [2.05, 4.69) is 4.65 Å². The maximum atomic E-state index is 8.55. The van der Waals surface area contributed by atoms with Gasteiger partial charge < -0.3 is 9.68 Å². The highest BCUT2D eigenvalue weighted by atomic mass is 16.5. The Morgan fingerprint density at radius 2 is 2.29 bits per heavy atom. The van der Waals surface area contributed by atoms with Gasteiger partial charge in [-0.15, -0.1) is 0 Å². The van der Waals surface area contributed by atoms with Crippen LogP contribution in [-0.2, 0) is 4.65 Å². The molecule has 1 rings (SSSR count). The number of hydrogen-bond donors (Lipinski definition) is 1. The summed E-state index contributed by atoms with van der Waals surface area (Å²) in [6.45, 7) is 0. The maximum Gasteiger partial charge on any atom is 0.551 e. The monoisotopic (exact) mass is 96.0 g/mol. The third-order valence-electron chi connectivity index (χ3n) is 0.683. The van der Waals surface area contributed by atoms with Crippen LogP contribution in [0.4, 0.5) is 0 Å². The summed E-state index contributed by atoms with van der Waals surface area (Å²) in [4.78, 5) is 0. The van der Waals surface area contributed by atoms with E-state index in [1.165, 1.54) is 6.26 Å². The second-order valence-corrected chi connectivity index (χ2v) is 1.24. The molecule has 0 spiro atoms. The van der Waals surface area contributed by atoms with Crippen molar-refractivity contribution in [1.29, 1.82) is 0 Å². The number of rotatable bonds is 0. The van der Waals surface area contributed by atoms with Crippen molar-refractivity contribution < 1.29 is 9.68 Å². The quantitative estimate of drug-likeness (QED) is 0.433. The van der Waals surface area contributed by atoms with Crippen molar-refractivity contribution in [2.75, 3.05) is 0 Å². The molecule has 0 atom stereocenters. The van der Waals surface area contributed by atoms with Gasteiger partial charge in [0, 0.05) is 0 Å². The summed E-state index contributed by atoms with van der Waals surface area (Å²) >= 11 is 0. The fourth-order valence-electron chi connectivity index (χ4n) is 0.376. The molecule has 0 saturated carbocycles. The molecule has 1 aliphatic rings. The number of hydrogen-bond acceptors (Lipinski definition) is 2. The van der Waals surface area contributed by atoms with Gasteiger partial charge in [0.25, 0.3) is 0 Å². The first-order valence-electron chi connectivity index (χ1n) is 2.06. The van der Waals surface area contributed by atoms with Crippen LogP contribution in [0.15, 0.2) is 24.4 Å². The van der Waals surface area contributed by atoms with Gasteiger partial charge in [0.1, 0.15) is 0 Å². The van der Waals surface area contributed by atoms with Gasteiger partial charge in [-0.3, -0.25) is 0 Å². The SMILES string of the molecule is OB1C=CC=CO1. The van der Waals surface area contributed by atoms with Crippen LogP contribution in [0.3, 0.4) is 0 Å². The Labute approximate surface area is 42.2 Å². The van der Waals surface area contributed by atoms with Gasteiger partial charge in [0.15, 0.2) is 0 Å². The molecule has 0 aromatic heterocycles. The molecule has 0 aliphatic carbocycles. The van der Waals surface area contributed by atoms with Crippen LogP contribution in [0, 0.1) is 0 Å². The lowest BCUT2D eigenvalue weighted by Crippen LogP contribution is -2.12. The topological polar surface area (TPSA) is 29.5 Å². The molecule has 2 nitrogen and oxygen atoms in total. The van der Waals surface area contributed by atoms with E-state index in [-0.39, 0.29) is 0 Å². The van der Waals surface area contributed by atoms with Crippen LogP contribution in [0.2, 0.25) is 0 Å². The van der Waals surface area contributed by atoms with Gasteiger partial charge in [-0.1, -0.05) is 6.08 Å². The normalized spacial score (nSPS) is 17.0. The summed E-state index contributed by atoms with van der Waals surface area (Å²) in [7, 11) is -0.731. The molecular weight excluding hydrogens is 90.9 g/mol. The van der Waals surface area contributed by atoms with Crippen molar-refractivity contribution in [3.8, 4) is 0 Å². The Morgan fingerprint density at radius 1 is 1.43 bits per heavy atom. The second kappa shape index (κ2) is 1.84. The first-order valence-corrected chi connectivity index (χ1v) is 2.06. The van der Waals surface area contributed by atoms with Gasteiger partial charge in [0.05, 0.1) is 6.26 Å². The Kier molecular flexibility index (Phi) is 1.17. The van der Waals surface area contributed by atoms with E-state index in [0.29, 0.717) is 0 Å². The fourth-order valence-corrected chi connectivity index (χ4v) is 0.376. The molecule has 0 aromatic carbocycles. The van der Waals surface area contributed by atoms with Gasteiger partial charge in [0.2, 0.25) is 0 Å². The summed E-state index contributed by atoms with van der Waals surface area (Å²) < 4.78 is 4.57. The lowest BCUT2D eigenvalue weighted by atomic mass is 9.90. The molecule has 0 radical (unpaired) electrons. The summed E-state index contributed by atoms with van der Waals surface area (Å²) in [5.74, 6) is 1.56. The molecule has 1 aliphatic heterocycles. The first-order chi connectivity index (χ1) is 3.39. The van der Waals surface area contributed by atoms with Crippen LogP contribution in [0.25, 0.3) is 0 Å². The standard InChI is InChI=1S/C4H5BO2/c6-5-3-1-2-4-7-5/h1-4,6H. The molecule has 1 N–H and O–H groups in total. The first kappa shape index (κ1) is 4.46. The van der Waals surface area contributed by atoms with E-state index >= 15 is 0 Å². The Balaban J connectivity index is 2.49. The zero-order valence-electron chi connectivity index (χ0n) is 3.74. The molecule has 3 heteroatoms. The Morgan fingerprint density at radius 3 is 2.57 bits per heavy atom. The van der Waals surface area contributed by atoms with E-state index in [1.807, 2.05) is 0 Å². The minimum Gasteiger partial charge on any atom is -0.539 e. The van der Waals surface area contributed by atoms with Gasteiger partial charge in [-0.05, 0) is 12.1 Å². The fraction of sp³-hybridized carbons (Fsp3) is 0. The Hall–Kier alpha value is -0.695. The van der Waals surface area contributed by atoms with Crippen molar-refractivity contribution in [3.05, 3.63) is 24.4 Å². The highest BCUT2D eigenvalue weighted by Crippen LogP contribution is 1.92. The Bertz CT molecular complexity index is 108. The predicted octanol–water partition coefficient (Wildman–Crippen LogP) is 0.106. The minimum atomic E-state index is -0.731. The maximum absolute atomic E-state index is 8.55. The van der Waals surface area contributed by atoms with Gasteiger partial charge >= 0.3 is 7.12 Å². The van der Waals surface area contributed by atoms with Crippen molar-refractivity contribution in [2.45, 2.75) is 0 Å². The lowest BCUT2D eigenvalue weighted by Gasteiger charge is -2.00. The van der Waals surface area contributed by atoms with Crippen LogP contribution >= 0.6 is 0 Å². The molecule has 0 bridgehead atoms. The summed E-state index contributed by atoms with van der Waals surface area (Å²) in [5, 5.41) is 8.55. The smallest absolute Gasteiger partial charge is 0.539 e. The summed E-state index contributed by atoms with van der Waals surface area (Å²) in [6, 6.07) is 0. The lowest BCUT2D eigenvalue weighted by molar-refractivity contribution is 0.382. The predicted molar refractivity (Wildman–Crippen MR) is 27.3 cm³/mol. The van der Waals surface area contributed by atoms with Crippen molar-refractivity contribution in [2.24, 2.45) is 0 Å². The van der Waals surface area contributed by atoms with Crippen LogP contribution in [-0.4, -0.2) is 12.1 Å². The van der Waals surface area contributed by atoms with Crippen molar-refractivity contribution in [1.82, 2.24) is 0 Å². The zero-order chi connectivity index (χ0) is 5.11. The van der Waals surface area contributed by atoms with Crippen molar-refractivity contribution >= 4 is 7.12 Å². The van der Waals surface area contributed by atoms with Gasteiger partial charge in [-0.25, -0.2) is 0 Å². The molecule has 0 saturated heterocycles. The highest BCUT2D eigenvalue weighted by Gasteiger charge is 2.07. The second-order valence-electron chi connectivity index (χ2n) is 1.24. The van der Waals surface area contributed by atoms with E-state index in [9.17, 15) is 0 Å². The van der Waals surface area contributed by atoms with Crippen LogP contribution < -0.4 is 0 Å². The average Bonchev–Trinajstić information content (AvgIpc) is 1.69. The van der Waals surface area contributed by atoms with E-state index < -0.39 is 7.12 Å². The van der Waals surface area contributed by atoms with E-state index in [1.54, 1.807) is 18.1 Å². The highest BCUT2D eigenvalue weighted by molar-refractivity contribution is 6.49. The molecular formula is C4H5BO2. The minimum absolute atomic E-state index is 0.731. The zero-order valence-corrected chi connectivity index (χ0v) is 3.74. The molecule has 1 heterocycles. The third kappa shape index (κ3) is 1.09. The van der Waals surface area contributed by atoms with E-state index in [4.69, 9.17) is 5.02 Å².